The highest BCUT2D eigenvalue weighted by Crippen LogP contribution is 2.32. The summed E-state index contributed by atoms with van der Waals surface area (Å²) >= 11 is 0. The summed E-state index contributed by atoms with van der Waals surface area (Å²) < 4.78 is 0. The van der Waals surface area contributed by atoms with Crippen LogP contribution in [0.2, 0.25) is 0 Å². The molecule has 0 spiro atoms. The summed E-state index contributed by atoms with van der Waals surface area (Å²) in [5.74, 6) is 1.36. The number of nitro benzene ring substituents is 1. The second-order valence-corrected chi connectivity index (χ2v) is 5.52. The molecule has 0 aliphatic heterocycles. The molecule has 1 aliphatic rings. The Morgan fingerprint density at radius 3 is 2.95 bits per heavy atom. The van der Waals surface area contributed by atoms with Crippen LogP contribution in [0.4, 0.5) is 17.1 Å². The molecule has 19 heavy (non-hydrogen) atoms. The molecule has 1 saturated carbocycles. The number of nitrogens with two attached hydrogens (primary N) is 1. The number of rotatable bonds is 4. The third-order valence-electron chi connectivity index (χ3n) is 3.88. The zero-order valence-electron chi connectivity index (χ0n) is 11.3. The standard InChI is InChI=1S/C14H21N3O2/c1-10-4-2-5-11(8-10)9-16-13-7-3-6-12(15)14(13)17(18)19/h3,6-7,10-11,16H,2,4-5,8-9,15H2,1H3. The molecule has 0 heterocycles. The Morgan fingerprint density at radius 2 is 2.26 bits per heavy atom. The predicted molar refractivity (Wildman–Crippen MR) is 77.1 cm³/mol. The Morgan fingerprint density at radius 1 is 1.47 bits per heavy atom. The normalized spacial score (nSPS) is 23.0. The maximum Gasteiger partial charge on any atom is 0.314 e. The van der Waals surface area contributed by atoms with Gasteiger partial charge in [-0.2, -0.15) is 0 Å². The topological polar surface area (TPSA) is 81.2 Å². The van der Waals surface area contributed by atoms with Crippen molar-refractivity contribution >= 4 is 17.1 Å². The molecule has 0 bridgehead atoms. The minimum absolute atomic E-state index is 0.00800. The van der Waals surface area contributed by atoms with Crippen LogP contribution in [0.1, 0.15) is 32.6 Å². The number of anilines is 2. The van der Waals surface area contributed by atoms with E-state index in [2.05, 4.69) is 12.2 Å². The molecular weight excluding hydrogens is 242 g/mol. The first-order valence-corrected chi connectivity index (χ1v) is 6.84. The summed E-state index contributed by atoms with van der Waals surface area (Å²) in [7, 11) is 0. The molecule has 2 atom stereocenters. The van der Waals surface area contributed by atoms with Crippen molar-refractivity contribution in [2.45, 2.75) is 32.6 Å². The van der Waals surface area contributed by atoms with Crippen LogP contribution in [0.3, 0.4) is 0 Å². The van der Waals surface area contributed by atoms with E-state index >= 15 is 0 Å². The van der Waals surface area contributed by atoms with Gasteiger partial charge in [0.15, 0.2) is 0 Å². The molecular formula is C14H21N3O2. The lowest BCUT2D eigenvalue weighted by Crippen LogP contribution is -2.21. The summed E-state index contributed by atoms with van der Waals surface area (Å²) in [6, 6.07) is 5.03. The van der Waals surface area contributed by atoms with Crippen LogP contribution in [0, 0.1) is 22.0 Å². The molecule has 5 nitrogen and oxygen atoms in total. The maximum absolute atomic E-state index is 11.0. The Labute approximate surface area is 113 Å². The molecule has 0 aromatic heterocycles. The van der Waals surface area contributed by atoms with E-state index in [1.165, 1.54) is 25.7 Å². The molecule has 1 aromatic carbocycles. The van der Waals surface area contributed by atoms with Gasteiger partial charge in [-0.15, -0.1) is 0 Å². The molecule has 0 saturated heterocycles. The smallest absolute Gasteiger partial charge is 0.314 e. The third kappa shape index (κ3) is 3.36. The van der Waals surface area contributed by atoms with Crippen molar-refractivity contribution < 1.29 is 4.92 Å². The van der Waals surface area contributed by atoms with Crippen molar-refractivity contribution in [2.75, 3.05) is 17.6 Å². The molecule has 0 radical (unpaired) electrons. The first-order valence-electron chi connectivity index (χ1n) is 6.84. The van der Waals surface area contributed by atoms with Crippen LogP contribution in [0.25, 0.3) is 0 Å². The van der Waals surface area contributed by atoms with Gasteiger partial charge in [0.05, 0.1) is 4.92 Å². The fourth-order valence-electron chi connectivity index (χ4n) is 2.91. The summed E-state index contributed by atoms with van der Waals surface area (Å²) in [5, 5.41) is 14.2. The van der Waals surface area contributed by atoms with Crippen molar-refractivity contribution in [1.82, 2.24) is 0 Å². The highest BCUT2D eigenvalue weighted by atomic mass is 16.6. The van der Waals surface area contributed by atoms with E-state index in [1.807, 2.05) is 0 Å². The molecule has 104 valence electrons. The van der Waals surface area contributed by atoms with Crippen LogP contribution >= 0.6 is 0 Å². The summed E-state index contributed by atoms with van der Waals surface area (Å²) in [6.07, 6.45) is 4.96. The van der Waals surface area contributed by atoms with E-state index in [1.54, 1.807) is 18.2 Å². The zero-order valence-corrected chi connectivity index (χ0v) is 11.3. The first-order chi connectivity index (χ1) is 9.08. The monoisotopic (exact) mass is 263 g/mol. The Balaban J connectivity index is 2.03. The first kappa shape index (κ1) is 13.6. The van der Waals surface area contributed by atoms with Gasteiger partial charge in [-0.05, 0) is 36.8 Å². The third-order valence-corrected chi connectivity index (χ3v) is 3.88. The minimum Gasteiger partial charge on any atom is -0.393 e. The highest BCUT2D eigenvalue weighted by Gasteiger charge is 2.21. The van der Waals surface area contributed by atoms with Gasteiger partial charge in [0, 0.05) is 6.54 Å². The van der Waals surface area contributed by atoms with Crippen LogP contribution in [0.5, 0.6) is 0 Å². The summed E-state index contributed by atoms with van der Waals surface area (Å²) in [4.78, 5) is 10.6. The van der Waals surface area contributed by atoms with Gasteiger partial charge in [0.2, 0.25) is 0 Å². The molecule has 1 aliphatic carbocycles. The Hall–Kier alpha value is -1.78. The van der Waals surface area contributed by atoms with Gasteiger partial charge < -0.3 is 11.1 Å². The second kappa shape index (κ2) is 5.91. The maximum atomic E-state index is 11.0. The fraction of sp³-hybridized carbons (Fsp3) is 0.571. The molecule has 3 N–H and O–H groups in total. The SMILES string of the molecule is CC1CCCC(CNc2cccc(N)c2[N+](=O)[O-])C1. The van der Waals surface area contributed by atoms with Crippen molar-refractivity contribution in [1.29, 1.82) is 0 Å². The van der Waals surface area contributed by atoms with E-state index in [0.29, 0.717) is 11.6 Å². The lowest BCUT2D eigenvalue weighted by molar-refractivity contribution is -0.383. The van der Waals surface area contributed by atoms with Gasteiger partial charge in [0.25, 0.3) is 0 Å². The quantitative estimate of drug-likeness (QED) is 0.495. The number of nitrogens with one attached hydrogen (secondary N) is 1. The van der Waals surface area contributed by atoms with E-state index in [4.69, 9.17) is 5.73 Å². The van der Waals surface area contributed by atoms with E-state index < -0.39 is 4.92 Å². The molecule has 5 heteroatoms. The average Bonchev–Trinajstić information content (AvgIpc) is 2.36. The highest BCUT2D eigenvalue weighted by molar-refractivity contribution is 5.74. The molecule has 2 unspecified atom stereocenters. The second-order valence-electron chi connectivity index (χ2n) is 5.52. The van der Waals surface area contributed by atoms with Gasteiger partial charge in [-0.1, -0.05) is 25.8 Å². The van der Waals surface area contributed by atoms with Crippen LogP contribution < -0.4 is 11.1 Å². The number of hydrogen-bond donors (Lipinski definition) is 2. The Kier molecular flexibility index (Phi) is 4.24. The van der Waals surface area contributed by atoms with Crippen molar-refractivity contribution in [3.05, 3.63) is 28.3 Å². The molecule has 1 aromatic rings. The van der Waals surface area contributed by atoms with Gasteiger partial charge in [0.1, 0.15) is 11.4 Å². The number of hydrogen-bond acceptors (Lipinski definition) is 4. The van der Waals surface area contributed by atoms with Crippen molar-refractivity contribution in [2.24, 2.45) is 11.8 Å². The predicted octanol–water partition coefficient (Wildman–Crippen LogP) is 3.42. The number of para-hydroxylation sites is 1. The van der Waals surface area contributed by atoms with Crippen LogP contribution in [0.15, 0.2) is 18.2 Å². The lowest BCUT2D eigenvalue weighted by atomic mass is 9.82. The van der Waals surface area contributed by atoms with Crippen LogP contribution in [-0.2, 0) is 0 Å². The lowest BCUT2D eigenvalue weighted by Gasteiger charge is -2.27. The fourth-order valence-corrected chi connectivity index (χ4v) is 2.91. The van der Waals surface area contributed by atoms with Gasteiger partial charge in [-0.25, -0.2) is 0 Å². The number of nitro groups is 1. The molecule has 1 fully saturated rings. The van der Waals surface area contributed by atoms with E-state index in [9.17, 15) is 10.1 Å². The van der Waals surface area contributed by atoms with E-state index in [0.717, 1.165) is 12.5 Å². The number of nitrogen functional groups attached to an aromatic ring is 1. The molecule has 2 rings (SSSR count). The largest absolute Gasteiger partial charge is 0.393 e. The van der Waals surface area contributed by atoms with Crippen LogP contribution in [-0.4, -0.2) is 11.5 Å². The average molecular weight is 263 g/mol. The van der Waals surface area contributed by atoms with Gasteiger partial charge in [-0.3, -0.25) is 10.1 Å². The summed E-state index contributed by atoms with van der Waals surface area (Å²) in [6.45, 7) is 3.06. The number of benzene rings is 1. The van der Waals surface area contributed by atoms with Gasteiger partial charge >= 0.3 is 5.69 Å². The van der Waals surface area contributed by atoms with E-state index in [-0.39, 0.29) is 11.4 Å². The molecule has 0 amide bonds. The van der Waals surface area contributed by atoms with Crippen molar-refractivity contribution in [3.63, 3.8) is 0 Å². The minimum atomic E-state index is -0.416. The summed E-state index contributed by atoms with van der Waals surface area (Å²) in [5.41, 5.74) is 6.41. The number of nitrogens with zero attached hydrogens (tertiary/aromatic N) is 1. The zero-order chi connectivity index (χ0) is 13.8. The van der Waals surface area contributed by atoms with Crippen molar-refractivity contribution in [3.8, 4) is 0 Å². The Bertz CT molecular complexity index is 462.